The summed E-state index contributed by atoms with van der Waals surface area (Å²) in [4.78, 5) is 14.4. The normalized spacial score (nSPS) is 25.9. The second kappa shape index (κ2) is 9.52. The number of hydrogen-bond acceptors (Lipinski definition) is 3. The molecule has 1 heterocycles. The molecular weight excluding hydrogens is 324 g/mol. The van der Waals surface area contributed by atoms with Crippen LogP contribution in [0.15, 0.2) is 30.3 Å². The summed E-state index contributed by atoms with van der Waals surface area (Å²) in [5.41, 5.74) is 1.15. The zero-order valence-electron chi connectivity index (χ0n) is 16.1. The van der Waals surface area contributed by atoms with Gasteiger partial charge >= 0.3 is 0 Å². The Kier molecular flexibility index (Phi) is 7.09. The molecule has 3 rings (SSSR count). The Labute approximate surface area is 158 Å². The average Bonchev–Trinajstić information content (AvgIpc) is 2.68. The molecule has 144 valence electrons. The van der Waals surface area contributed by atoms with Crippen molar-refractivity contribution >= 4 is 5.91 Å². The first-order valence-electron chi connectivity index (χ1n) is 10.4. The van der Waals surface area contributed by atoms with Gasteiger partial charge in [-0.15, -0.1) is 0 Å². The van der Waals surface area contributed by atoms with E-state index in [1.54, 1.807) is 0 Å². The highest BCUT2D eigenvalue weighted by Crippen LogP contribution is 2.36. The number of amides is 1. The molecule has 1 amide bonds. The van der Waals surface area contributed by atoms with Crippen molar-refractivity contribution in [2.45, 2.75) is 64.0 Å². The van der Waals surface area contributed by atoms with E-state index >= 15 is 0 Å². The largest absolute Gasteiger partial charge is 0.390 e. The number of aliphatic hydroxyl groups is 1. The van der Waals surface area contributed by atoms with Gasteiger partial charge in [-0.05, 0) is 43.2 Å². The first kappa shape index (κ1) is 19.4. The Morgan fingerprint density at radius 3 is 2.65 bits per heavy atom. The van der Waals surface area contributed by atoms with Crippen LogP contribution in [0.4, 0.5) is 0 Å². The quantitative estimate of drug-likeness (QED) is 0.788. The maximum absolute atomic E-state index is 12.0. The van der Waals surface area contributed by atoms with Crippen molar-refractivity contribution < 1.29 is 9.90 Å². The molecule has 1 aliphatic heterocycles. The summed E-state index contributed by atoms with van der Waals surface area (Å²) >= 11 is 0. The molecule has 1 saturated heterocycles. The summed E-state index contributed by atoms with van der Waals surface area (Å²) in [7, 11) is 0. The van der Waals surface area contributed by atoms with Crippen LogP contribution in [0, 0.1) is 11.8 Å². The van der Waals surface area contributed by atoms with Crippen molar-refractivity contribution in [3.05, 3.63) is 35.9 Å². The van der Waals surface area contributed by atoms with Crippen LogP contribution >= 0.6 is 0 Å². The van der Waals surface area contributed by atoms with E-state index in [2.05, 4.69) is 22.3 Å². The topological polar surface area (TPSA) is 52.6 Å². The van der Waals surface area contributed by atoms with Gasteiger partial charge in [-0.25, -0.2) is 0 Å². The number of fused-ring (bicyclic) bond motifs is 1. The molecule has 26 heavy (non-hydrogen) atoms. The summed E-state index contributed by atoms with van der Waals surface area (Å²) in [5.74, 6) is 1.72. The Bertz CT molecular complexity index is 563. The van der Waals surface area contributed by atoms with Crippen LogP contribution in [-0.4, -0.2) is 47.7 Å². The third-order valence-electron chi connectivity index (χ3n) is 6.25. The molecule has 1 aliphatic carbocycles. The molecule has 4 nitrogen and oxygen atoms in total. The predicted octanol–water partition coefficient (Wildman–Crippen LogP) is 3.00. The number of piperidine rings is 1. The molecule has 1 saturated carbocycles. The van der Waals surface area contributed by atoms with Gasteiger partial charge < -0.3 is 15.3 Å². The Hall–Kier alpha value is -1.39. The van der Waals surface area contributed by atoms with Gasteiger partial charge in [0, 0.05) is 19.5 Å². The van der Waals surface area contributed by atoms with Crippen LogP contribution in [0.2, 0.25) is 0 Å². The third kappa shape index (κ3) is 5.31. The molecule has 2 N–H and O–H groups in total. The average molecular weight is 359 g/mol. The van der Waals surface area contributed by atoms with Crippen LogP contribution < -0.4 is 5.32 Å². The number of nitrogens with zero attached hydrogens (tertiary/aromatic N) is 1. The van der Waals surface area contributed by atoms with E-state index in [0.717, 1.165) is 30.5 Å². The van der Waals surface area contributed by atoms with E-state index in [4.69, 9.17) is 0 Å². The predicted molar refractivity (Wildman–Crippen MR) is 105 cm³/mol. The lowest BCUT2D eigenvalue weighted by molar-refractivity contribution is -0.122. The van der Waals surface area contributed by atoms with Gasteiger partial charge in [-0.1, -0.05) is 56.5 Å². The minimum atomic E-state index is -0.536. The van der Waals surface area contributed by atoms with Gasteiger partial charge in [0.25, 0.3) is 0 Å². The highest BCUT2D eigenvalue weighted by atomic mass is 16.3. The molecule has 2 aliphatic rings. The summed E-state index contributed by atoms with van der Waals surface area (Å²) in [6.07, 6.45) is 7.35. The van der Waals surface area contributed by atoms with E-state index in [1.807, 2.05) is 25.1 Å². The number of benzene rings is 1. The number of aliphatic hydroxyl groups excluding tert-OH is 1. The summed E-state index contributed by atoms with van der Waals surface area (Å²) in [6, 6.07) is 9.90. The second-order valence-corrected chi connectivity index (χ2v) is 8.14. The van der Waals surface area contributed by atoms with E-state index in [0.29, 0.717) is 19.4 Å². The smallest absolute Gasteiger partial charge is 0.220 e. The highest BCUT2D eigenvalue weighted by molar-refractivity contribution is 5.75. The number of rotatable bonds is 7. The lowest BCUT2D eigenvalue weighted by Gasteiger charge is -2.42. The summed E-state index contributed by atoms with van der Waals surface area (Å²) < 4.78 is 0. The molecule has 4 atom stereocenters. The Morgan fingerprint density at radius 2 is 1.92 bits per heavy atom. The fourth-order valence-electron chi connectivity index (χ4n) is 4.69. The molecule has 0 spiro atoms. The van der Waals surface area contributed by atoms with E-state index in [9.17, 15) is 9.90 Å². The second-order valence-electron chi connectivity index (χ2n) is 8.14. The molecule has 0 aromatic heterocycles. The fourth-order valence-corrected chi connectivity index (χ4v) is 4.69. The zero-order valence-corrected chi connectivity index (χ0v) is 16.1. The lowest BCUT2D eigenvalue weighted by atomic mass is 9.75. The monoisotopic (exact) mass is 358 g/mol. The van der Waals surface area contributed by atoms with Crippen molar-refractivity contribution in [2.24, 2.45) is 11.8 Å². The van der Waals surface area contributed by atoms with Gasteiger partial charge in [0.1, 0.15) is 0 Å². The zero-order chi connectivity index (χ0) is 18.4. The van der Waals surface area contributed by atoms with E-state index < -0.39 is 6.10 Å². The number of β-amino-alcohol motifs (C(OH)–C–C–N with tert-alkyl or cyclic N) is 1. The van der Waals surface area contributed by atoms with E-state index in [-0.39, 0.29) is 11.9 Å². The van der Waals surface area contributed by atoms with Crippen molar-refractivity contribution in [1.29, 1.82) is 0 Å². The number of likely N-dealkylation sites (tertiary alicyclic amines) is 1. The lowest BCUT2D eigenvalue weighted by Crippen LogP contribution is -2.52. The van der Waals surface area contributed by atoms with Gasteiger partial charge in [-0.3, -0.25) is 4.79 Å². The number of carbonyl (C=O) groups is 1. The van der Waals surface area contributed by atoms with Crippen molar-refractivity contribution in [3.8, 4) is 0 Å². The molecule has 1 aromatic rings. The minimum absolute atomic E-state index is 0.0102. The van der Waals surface area contributed by atoms with Crippen LogP contribution in [0.25, 0.3) is 0 Å². The summed E-state index contributed by atoms with van der Waals surface area (Å²) in [6.45, 7) is 4.71. The number of carbonyl (C=O) groups excluding carboxylic acids is 1. The van der Waals surface area contributed by atoms with Crippen LogP contribution in [0.3, 0.4) is 0 Å². The van der Waals surface area contributed by atoms with Crippen molar-refractivity contribution in [1.82, 2.24) is 10.2 Å². The maximum Gasteiger partial charge on any atom is 0.220 e. The van der Waals surface area contributed by atoms with Gasteiger partial charge in [0.15, 0.2) is 0 Å². The standard InChI is InChI=1S/C22H34N2O2/c1-2-22(26)23-20(14-17-8-4-3-5-9-17)21(25)16-24-13-12-18-10-6-7-11-19(18)15-24/h3-5,8-9,18-21,25H,2,6-7,10-16H2,1H3,(H,23,26). The van der Waals surface area contributed by atoms with Crippen LogP contribution in [-0.2, 0) is 11.2 Å². The molecular formula is C22H34N2O2. The van der Waals surface area contributed by atoms with Gasteiger partial charge in [0.2, 0.25) is 5.91 Å². The maximum atomic E-state index is 12.0. The minimum Gasteiger partial charge on any atom is -0.390 e. The van der Waals surface area contributed by atoms with E-state index in [1.165, 1.54) is 32.1 Å². The van der Waals surface area contributed by atoms with Gasteiger partial charge in [0.05, 0.1) is 12.1 Å². The molecule has 0 radical (unpaired) electrons. The molecule has 0 bridgehead atoms. The Balaban J connectivity index is 1.59. The first-order chi connectivity index (χ1) is 12.7. The molecule has 2 fully saturated rings. The molecule has 1 aromatic carbocycles. The number of nitrogens with one attached hydrogen (secondary N) is 1. The van der Waals surface area contributed by atoms with Gasteiger partial charge in [-0.2, -0.15) is 0 Å². The van der Waals surface area contributed by atoms with Crippen molar-refractivity contribution in [2.75, 3.05) is 19.6 Å². The highest BCUT2D eigenvalue weighted by Gasteiger charge is 2.33. The first-order valence-corrected chi connectivity index (χ1v) is 10.4. The Morgan fingerprint density at radius 1 is 1.19 bits per heavy atom. The number of hydrogen-bond donors (Lipinski definition) is 2. The fraction of sp³-hybridized carbons (Fsp3) is 0.682. The van der Waals surface area contributed by atoms with Crippen LogP contribution in [0.5, 0.6) is 0 Å². The SMILES string of the molecule is CCC(=O)NC(Cc1ccccc1)C(O)CN1CCC2CCCCC2C1. The van der Waals surface area contributed by atoms with Crippen molar-refractivity contribution in [3.63, 3.8) is 0 Å². The summed E-state index contributed by atoms with van der Waals surface area (Å²) in [5, 5.41) is 14.0. The van der Waals surface area contributed by atoms with Crippen LogP contribution in [0.1, 0.15) is 51.0 Å². The third-order valence-corrected chi connectivity index (χ3v) is 6.25. The molecule has 4 heteroatoms. The molecule has 4 unspecified atom stereocenters.